The van der Waals surface area contributed by atoms with Gasteiger partial charge in [-0.3, -0.25) is 10.2 Å². The van der Waals surface area contributed by atoms with E-state index in [0.29, 0.717) is 35.3 Å². The van der Waals surface area contributed by atoms with E-state index in [1.54, 1.807) is 19.3 Å². The Morgan fingerprint density at radius 2 is 2.03 bits per heavy atom. The van der Waals surface area contributed by atoms with Crippen molar-refractivity contribution >= 4 is 23.4 Å². The number of ether oxygens (including phenoxy) is 3. The number of aromatic nitrogens is 1. The highest BCUT2D eigenvalue weighted by molar-refractivity contribution is 6.30. The topological polar surface area (TPSA) is 110 Å². The zero-order chi connectivity index (χ0) is 25.2. The van der Waals surface area contributed by atoms with Crippen molar-refractivity contribution < 1.29 is 24.1 Å². The Morgan fingerprint density at radius 1 is 1.17 bits per heavy atom. The van der Waals surface area contributed by atoms with Gasteiger partial charge >= 0.3 is 5.97 Å². The van der Waals surface area contributed by atoms with Gasteiger partial charge in [0.2, 0.25) is 0 Å². The number of fused-ring (bicyclic) bond motifs is 3. The molecule has 2 aliphatic rings. The second-order valence-electron chi connectivity index (χ2n) is 8.37. The molecule has 0 saturated heterocycles. The SMILES string of the molecule is COc1cccc([C@H]2O[C@H](CCN3NN=C(CC(=O)O)N3)c3cccn3-c3ccc(Cl)cc32)c1OC. The number of nitrogens with zero attached hydrogens (tertiary/aromatic N) is 3. The molecule has 0 amide bonds. The minimum Gasteiger partial charge on any atom is -0.493 e. The van der Waals surface area contributed by atoms with Crippen molar-refractivity contribution in [2.24, 2.45) is 5.10 Å². The molecule has 0 fully saturated rings. The van der Waals surface area contributed by atoms with Gasteiger partial charge in [-0.15, -0.1) is 10.2 Å². The molecule has 2 aliphatic heterocycles. The Morgan fingerprint density at radius 3 is 2.81 bits per heavy atom. The van der Waals surface area contributed by atoms with Gasteiger partial charge in [0.05, 0.1) is 25.6 Å². The molecule has 3 heterocycles. The van der Waals surface area contributed by atoms with Crippen LogP contribution in [-0.4, -0.2) is 47.4 Å². The maximum atomic E-state index is 11.0. The number of carboxylic acid groups (broad SMARTS) is 1. The summed E-state index contributed by atoms with van der Waals surface area (Å²) in [6, 6.07) is 15.5. The molecule has 0 spiro atoms. The van der Waals surface area contributed by atoms with Crippen molar-refractivity contribution in [2.45, 2.75) is 25.0 Å². The molecule has 10 nitrogen and oxygen atoms in total. The van der Waals surface area contributed by atoms with Crippen LogP contribution in [0.3, 0.4) is 0 Å². The lowest BCUT2D eigenvalue weighted by atomic mass is 9.98. The molecule has 0 unspecified atom stereocenters. The first kappa shape index (κ1) is 24.0. The van der Waals surface area contributed by atoms with Gasteiger partial charge < -0.3 is 23.9 Å². The largest absolute Gasteiger partial charge is 0.493 e. The molecule has 0 radical (unpaired) electrons. The lowest BCUT2D eigenvalue weighted by Gasteiger charge is -2.26. The number of benzene rings is 2. The van der Waals surface area contributed by atoms with Gasteiger partial charge in [0.15, 0.2) is 17.3 Å². The summed E-state index contributed by atoms with van der Waals surface area (Å²) in [5.74, 6) is 0.585. The Labute approximate surface area is 213 Å². The van der Waals surface area contributed by atoms with E-state index < -0.39 is 12.1 Å². The van der Waals surface area contributed by atoms with Crippen LogP contribution in [0.4, 0.5) is 0 Å². The smallest absolute Gasteiger partial charge is 0.311 e. The number of hydrogen-bond donors (Lipinski definition) is 3. The highest BCUT2D eigenvalue weighted by Crippen LogP contribution is 2.46. The van der Waals surface area contributed by atoms with Gasteiger partial charge in [-0.05, 0) is 42.8 Å². The zero-order valence-electron chi connectivity index (χ0n) is 19.8. The van der Waals surface area contributed by atoms with Crippen LogP contribution in [0.15, 0.2) is 59.8 Å². The van der Waals surface area contributed by atoms with Crippen LogP contribution >= 0.6 is 11.6 Å². The zero-order valence-corrected chi connectivity index (χ0v) is 20.5. The van der Waals surface area contributed by atoms with E-state index in [-0.39, 0.29) is 12.5 Å². The summed E-state index contributed by atoms with van der Waals surface area (Å²) in [7, 11) is 3.21. The van der Waals surface area contributed by atoms with Crippen molar-refractivity contribution in [1.29, 1.82) is 0 Å². The summed E-state index contributed by atoms with van der Waals surface area (Å²) in [4.78, 5) is 11.0. The van der Waals surface area contributed by atoms with E-state index in [1.165, 1.54) is 0 Å². The molecular weight excluding hydrogens is 486 g/mol. The number of carboxylic acids is 1. The van der Waals surface area contributed by atoms with Crippen LogP contribution in [0, 0.1) is 0 Å². The van der Waals surface area contributed by atoms with Crippen molar-refractivity contribution in [3.8, 4) is 17.2 Å². The normalized spacial score (nSPS) is 18.8. The van der Waals surface area contributed by atoms with Crippen LogP contribution in [0.25, 0.3) is 5.69 Å². The fraction of sp³-hybridized carbons (Fsp3) is 0.280. The maximum Gasteiger partial charge on any atom is 0.311 e. The van der Waals surface area contributed by atoms with Crippen molar-refractivity contribution in [3.05, 3.63) is 76.6 Å². The molecule has 2 atom stereocenters. The molecule has 11 heteroatoms. The average molecular weight is 512 g/mol. The second kappa shape index (κ2) is 10.1. The minimum atomic E-state index is -0.957. The predicted molar refractivity (Wildman–Crippen MR) is 133 cm³/mol. The van der Waals surface area contributed by atoms with Gasteiger partial charge in [-0.2, -0.15) is 0 Å². The van der Waals surface area contributed by atoms with Gasteiger partial charge in [0.25, 0.3) is 0 Å². The van der Waals surface area contributed by atoms with Gasteiger partial charge in [0.1, 0.15) is 18.6 Å². The van der Waals surface area contributed by atoms with E-state index in [2.05, 4.69) is 20.6 Å². The standard InChI is InChI=1S/C25H26ClN5O5/c1-34-21-7-3-5-16(25(21)35-2)24-17-13-15(26)8-9-18(17)30-11-4-6-19(30)20(36-24)10-12-31-28-22(27-29-31)14-23(32)33/h3-9,11,13,20,24,29H,10,12,14H2,1-2H3,(H,27,28)(H,32,33)/t20-,24-/m1/s1. The molecule has 0 saturated carbocycles. The summed E-state index contributed by atoms with van der Waals surface area (Å²) < 4.78 is 20.2. The van der Waals surface area contributed by atoms with Crippen LogP contribution in [-0.2, 0) is 9.53 Å². The van der Waals surface area contributed by atoms with Crippen molar-refractivity contribution in [3.63, 3.8) is 0 Å². The number of hydrazone groups is 1. The number of nitrogens with one attached hydrogen (secondary N) is 2. The third-order valence-corrected chi connectivity index (χ3v) is 6.40. The first-order valence-electron chi connectivity index (χ1n) is 11.4. The molecule has 36 heavy (non-hydrogen) atoms. The highest BCUT2D eigenvalue weighted by atomic mass is 35.5. The number of hydrogen-bond acceptors (Lipinski definition) is 8. The first-order valence-corrected chi connectivity index (χ1v) is 11.8. The molecule has 1 aromatic heterocycles. The van der Waals surface area contributed by atoms with E-state index in [1.807, 2.05) is 54.7 Å². The lowest BCUT2D eigenvalue weighted by Crippen LogP contribution is -2.42. The number of aliphatic carboxylic acids is 1. The number of methoxy groups -OCH3 is 2. The molecule has 2 aromatic carbocycles. The third-order valence-electron chi connectivity index (χ3n) is 6.16. The third kappa shape index (κ3) is 4.58. The van der Waals surface area contributed by atoms with Crippen LogP contribution in [0.1, 0.15) is 41.9 Å². The maximum absolute atomic E-state index is 11.0. The quantitative estimate of drug-likeness (QED) is 0.419. The summed E-state index contributed by atoms with van der Waals surface area (Å²) in [5, 5.41) is 15.3. The number of carbonyl (C=O) groups is 1. The fourth-order valence-electron chi connectivity index (χ4n) is 4.61. The number of hydrazine groups is 2. The predicted octanol–water partition coefficient (Wildman–Crippen LogP) is 3.81. The average Bonchev–Trinajstić information content (AvgIpc) is 3.51. The van der Waals surface area contributed by atoms with Crippen LogP contribution in [0.5, 0.6) is 11.5 Å². The highest BCUT2D eigenvalue weighted by Gasteiger charge is 2.33. The Balaban J connectivity index is 1.50. The molecule has 0 aliphatic carbocycles. The molecular formula is C25H26ClN5O5. The molecule has 3 N–H and O–H groups in total. The summed E-state index contributed by atoms with van der Waals surface area (Å²) in [5.41, 5.74) is 9.45. The van der Waals surface area contributed by atoms with Gasteiger partial charge in [-0.25, -0.2) is 5.53 Å². The number of para-hydroxylation sites is 1. The minimum absolute atomic E-state index is 0.194. The summed E-state index contributed by atoms with van der Waals surface area (Å²) in [6.07, 6.45) is 1.57. The molecule has 5 rings (SSSR count). The van der Waals surface area contributed by atoms with Gasteiger partial charge in [-0.1, -0.05) is 23.7 Å². The van der Waals surface area contributed by atoms with Crippen molar-refractivity contribution in [1.82, 2.24) is 20.6 Å². The Bertz CT molecular complexity index is 1310. The number of halogens is 1. The summed E-state index contributed by atoms with van der Waals surface area (Å²) in [6.45, 7) is 0.488. The Kier molecular flexibility index (Phi) is 6.73. The number of rotatable bonds is 8. The lowest BCUT2D eigenvalue weighted by molar-refractivity contribution is -0.135. The second-order valence-corrected chi connectivity index (χ2v) is 8.81. The monoisotopic (exact) mass is 511 g/mol. The van der Waals surface area contributed by atoms with E-state index in [9.17, 15) is 4.79 Å². The summed E-state index contributed by atoms with van der Waals surface area (Å²) >= 11 is 6.45. The van der Waals surface area contributed by atoms with Crippen molar-refractivity contribution in [2.75, 3.05) is 20.8 Å². The fourth-order valence-corrected chi connectivity index (χ4v) is 4.79. The molecule has 3 aromatic rings. The van der Waals surface area contributed by atoms with E-state index in [4.69, 9.17) is 30.9 Å². The molecule has 0 bridgehead atoms. The molecule has 188 valence electrons. The van der Waals surface area contributed by atoms with E-state index in [0.717, 1.165) is 22.5 Å². The van der Waals surface area contributed by atoms with Gasteiger partial charge in [0, 0.05) is 28.9 Å². The van der Waals surface area contributed by atoms with Crippen LogP contribution in [0.2, 0.25) is 5.02 Å². The number of amidine groups is 1. The van der Waals surface area contributed by atoms with Crippen LogP contribution < -0.4 is 20.4 Å². The Hall–Kier alpha value is -3.73. The first-order chi connectivity index (χ1) is 17.5. The van der Waals surface area contributed by atoms with E-state index >= 15 is 0 Å².